The lowest BCUT2D eigenvalue weighted by Crippen LogP contribution is -2.15. The van der Waals surface area contributed by atoms with Crippen molar-refractivity contribution in [2.45, 2.75) is 52.4 Å². The van der Waals surface area contributed by atoms with Crippen LogP contribution in [0.25, 0.3) is 0 Å². The summed E-state index contributed by atoms with van der Waals surface area (Å²) in [6, 6.07) is 6.46. The van der Waals surface area contributed by atoms with Gasteiger partial charge in [0.2, 0.25) is 0 Å². The second-order valence-corrected chi connectivity index (χ2v) is 6.03. The van der Waals surface area contributed by atoms with Gasteiger partial charge in [-0.3, -0.25) is 0 Å². The Morgan fingerprint density at radius 1 is 1.05 bits per heavy atom. The van der Waals surface area contributed by atoms with Gasteiger partial charge < -0.3 is 10.1 Å². The van der Waals surface area contributed by atoms with E-state index < -0.39 is 0 Å². The van der Waals surface area contributed by atoms with E-state index in [1.54, 1.807) is 0 Å². The maximum absolute atomic E-state index is 5.67. The van der Waals surface area contributed by atoms with Crippen molar-refractivity contribution in [2.24, 2.45) is 0 Å². The van der Waals surface area contributed by atoms with Crippen LogP contribution in [0.4, 0.5) is 0 Å². The van der Waals surface area contributed by atoms with Gasteiger partial charge in [0.05, 0.1) is 11.1 Å². The van der Waals surface area contributed by atoms with Gasteiger partial charge in [-0.2, -0.15) is 0 Å². The molecule has 1 aromatic rings. The van der Waals surface area contributed by atoms with E-state index in [0.717, 1.165) is 42.8 Å². The van der Waals surface area contributed by atoms with Crippen molar-refractivity contribution in [1.82, 2.24) is 5.32 Å². The fraction of sp³-hybridized carbons (Fsp3) is 0.647. The molecule has 0 amide bonds. The molecule has 0 spiro atoms. The van der Waals surface area contributed by atoms with Crippen molar-refractivity contribution in [3.05, 3.63) is 28.2 Å². The lowest BCUT2D eigenvalue weighted by molar-refractivity contribution is 0.315. The van der Waals surface area contributed by atoms with Crippen molar-refractivity contribution in [1.29, 1.82) is 0 Å². The fourth-order valence-corrected chi connectivity index (χ4v) is 2.63. The summed E-state index contributed by atoms with van der Waals surface area (Å²) >= 11 is 3.59. The van der Waals surface area contributed by atoms with Crippen molar-refractivity contribution in [2.75, 3.05) is 19.7 Å². The Hall–Kier alpha value is -0.540. The van der Waals surface area contributed by atoms with E-state index in [1.165, 1.54) is 31.2 Å². The van der Waals surface area contributed by atoms with Gasteiger partial charge in [0, 0.05) is 0 Å². The molecule has 0 radical (unpaired) electrons. The van der Waals surface area contributed by atoms with Gasteiger partial charge in [-0.1, -0.05) is 26.3 Å². The number of ether oxygens (including phenoxy) is 1. The molecule has 114 valence electrons. The van der Waals surface area contributed by atoms with Crippen molar-refractivity contribution in [3.63, 3.8) is 0 Å². The summed E-state index contributed by atoms with van der Waals surface area (Å²) in [6.07, 6.45) is 7.25. The molecule has 0 saturated carbocycles. The lowest BCUT2D eigenvalue weighted by atomic mass is 10.1. The molecule has 1 N–H and O–H groups in total. The summed E-state index contributed by atoms with van der Waals surface area (Å²) in [5.74, 6) is 0.958. The number of unbranched alkanes of at least 4 members (excludes halogenated alkanes) is 2. The third-order valence-corrected chi connectivity index (χ3v) is 3.82. The predicted octanol–water partition coefficient (Wildman–Crippen LogP) is 4.95. The van der Waals surface area contributed by atoms with Crippen LogP contribution >= 0.6 is 15.9 Å². The third kappa shape index (κ3) is 7.30. The first-order valence-electron chi connectivity index (χ1n) is 7.89. The number of benzene rings is 1. The van der Waals surface area contributed by atoms with E-state index in [4.69, 9.17) is 4.74 Å². The van der Waals surface area contributed by atoms with Gasteiger partial charge in [-0.05, 0) is 78.8 Å². The average molecular weight is 342 g/mol. The molecule has 2 nitrogen and oxygen atoms in total. The molecule has 0 aliphatic heterocycles. The molecule has 20 heavy (non-hydrogen) atoms. The Balaban J connectivity index is 2.22. The first-order chi connectivity index (χ1) is 9.77. The highest BCUT2D eigenvalue weighted by Gasteiger charge is 2.02. The monoisotopic (exact) mass is 341 g/mol. The van der Waals surface area contributed by atoms with Gasteiger partial charge >= 0.3 is 0 Å². The molecule has 3 heteroatoms. The quantitative estimate of drug-likeness (QED) is 0.575. The second kappa shape index (κ2) is 11.2. The maximum Gasteiger partial charge on any atom is 0.133 e. The predicted molar refractivity (Wildman–Crippen MR) is 90.6 cm³/mol. The van der Waals surface area contributed by atoms with Crippen LogP contribution in [0.5, 0.6) is 5.75 Å². The van der Waals surface area contributed by atoms with E-state index in [1.807, 2.05) is 0 Å². The average Bonchev–Trinajstić information content (AvgIpc) is 2.45. The van der Waals surface area contributed by atoms with Crippen LogP contribution in [-0.2, 0) is 6.42 Å². The highest BCUT2D eigenvalue weighted by molar-refractivity contribution is 9.10. The minimum atomic E-state index is 0.780. The summed E-state index contributed by atoms with van der Waals surface area (Å²) in [5, 5.41) is 3.45. The Labute approximate surface area is 132 Å². The summed E-state index contributed by atoms with van der Waals surface area (Å²) in [4.78, 5) is 0. The van der Waals surface area contributed by atoms with Crippen LogP contribution in [0.1, 0.15) is 51.5 Å². The molecule has 1 rings (SSSR count). The van der Waals surface area contributed by atoms with Gasteiger partial charge in [-0.15, -0.1) is 0 Å². The first kappa shape index (κ1) is 17.5. The van der Waals surface area contributed by atoms with E-state index >= 15 is 0 Å². The fourth-order valence-electron chi connectivity index (χ4n) is 2.09. The van der Waals surface area contributed by atoms with Gasteiger partial charge in [0.15, 0.2) is 0 Å². The normalized spacial score (nSPS) is 10.8. The van der Waals surface area contributed by atoms with Crippen molar-refractivity contribution < 1.29 is 4.74 Å². The minimum Gasteiger partial charge on any atom is -0.492 e. The number of aryl methyl sites for hydroxylation is 1. The van der Waals surface area contributed by atoms with Crippen LogP contribution in [0, 0.1) is 0 Å². The molecule has 0 bridgehead atoms. The smallest absolute Gasteiger partial charge is 0.133 e. The summed E-state index contributed by atoms with van der Waals surface area (Å²) < 4.78 is 6.74. The Morgan fingerprint density at radius 3 is 2.60 bits per heavy atom. The van der Waals surface area contributed by atoms with Gasteiger partial charge in [0.25, 0.3) is 0 Å². The van der Waals surface area contributed by atoms with Crippen LogP contribution in [0.15, 0.2) is 22.7 Å². The summed E-state index contributed by atoms with van der Waals surface area (Å²) in [5.41, 5.74) is 1.39. The van der Waals surface area contributed by atoms with Gasteiger partial charge in [0.1, 0.15) is 5.75 Å². The van der Waals surface area contributed by atoms with E-state index in [0.29, 0.717) is 0 Å². The molecular weight excluding hydrogens is 314 g/mol. The zero-order valence-corrected chi connectivity index (χ0v) is 14.5. The maximum atomic E-state index is 5.67. The number of rotatable bonds is 11. The van der Waals surface area contributed by atoms with E-state index in [-0.39, 0.29) is 0 Å². The third-order valence-electron chi connectivity index (χ3n) is 3.20. The highest BCUT2D eigenvalue weighted by Crippen LogP contribution is 2.26. The molecule has 0 aliphatic rings. The van der Waals surface area contributed by atoms with Crippen molar-refractivity contribution >= 4 is 15.9 Å². The Morgan fingerprint density at radius 2 is 1.90 bits per heavy atom. The standard InChI is InChI=1S/C17H28BrNO/c1-3-11-19-12-7-5-6-8-15-9-10-17(16(18)14-15)20-13-4-2/h9-10,14,19H,3-8,11-13H2,1-2H3. The molecule has 0 heterocycles. The number of halogens is 1. The Kier molecular flexibility index (Phi) is 9.77. The van der Waals surface area contributed by atoms with Crippen LogP contribution in [-0.4, -0.2) is 19.7 Å². The first-order valence-corrected chi connectivity index (χ1v) is 8.69. The SMILES string of the molecule is CCCNCCCCCc1ccc(OCCC)c(Br)c1. The zero-order valence-electron chi connectivity index (χ0n) is 12.9. The highest BCUT2D eigenvalue weighted by atomic mass is 79.9. The van der Waals surface area contributed by atoms with E-state index in [9.17, 15) is 0 Å². The molecule has 0 fully saturated rings. The molecule has 1 aromatic carbocycles. The zero-order chi connectivity index (χ0) is 14.6. The molecule has 0 aromatic heterocycles. The van der Waals surface area contributed by atoms with Gasteiger partial charge in [-0.25, -0.2) is 0 Å². The molecule has 0 unspecified atom stereocenters. The topological polar surface area (TPSA) is 21.3 Å². The molecule has 0 atom stereocenters. The summed E-state index contributed by atoms with van der Waals surface area (Å²) in [7, 11) is 0. The largest absolute Gasteiger partial charge is 0.492 e. The van der Waals surface area contributed by atoms with E-state index in [2.05, 4.69) is 53.3 Å². The van der Waals surface area contributed by atoms with Crippen molar-refractivity contribution in [3.8, 4) is 5.75 Å². The molecule has 0 aliphatic carbocycles. The van der Waals surface area contributed by atoms with Crippen LogP contribution in [0.3, 0.4) is 0 Å². The number of hydrogen-bond acceptors (Lipinski definition) is 2. The van der Waals surface area contributed by atoms with Crippen LogP contribution in [0.2, 0.25) is 0 Å². The molecular formula is C17H28BrNO. The lowest BCUT2D eigenvalue weighted by Gasteiger charge is -2.09. The second-order valence-electron chi connectivity index (χ2n) is 5.17. The number of nitrogens with one attached hydrogen (secondary N) is 1. The Bertz CT molecular complexity index is 368. The number of hydrogen-bond donors (Lipinski definition) is 1. The molecule has 0 saturated heterocycles. The minimum absolute atomic E-state index is 0.780. The summed E-state index contributed by atoms with van der Waals surface area (Å²) in [6.45, 7) is 7.41. The van der Waals surface area contributed by atoms with Crippen LogP contribution < -0.4 is 10.1 Å².